The van der Waals surface area contributed by atoms with Crippen LogP contribution in [0.4, 0.5) is 5.13 Å². The Labute approximate surface area is 202 Å². The second kappa shape index (κ2) is 9.64. The summed E-state index contributed by atoms with van der Waals surface area (Å²) in [6.45, 7) is 3.69. The average molecular weight is 479 g/mol. The van der Waals surface area contributed by atoms with Gasteiger partial charge in [-0.05, 0) is 31.5 Å². The quantitative estimate of drug-likeness (QED) is 0.517. The van der Waals surface area contributed by atoms with Crippen molar-refractivity contribution in [2.24, 2.45) is 0 Å². The topological polar surface area (TPSA) is 102 Å². The summed E-state index contributed by atoms with van der Waals surface area (Å²) in [6.07, 6.45) is 3.40. The summed E-state index contributed by atoms with van der Waals surface area (Å²) < 4.78 is 10.5. The van der Waals surface area contributed by atoms with Crippen molar-refractivity contribution >= 4 is 28.4 Å². The Balaban J connectivity index is 1.89. The highest BCUT2D eigenvalue weighted by Crippen LogP contribution is 2.45. The van der Waals surface area contributed by atoms with E-state index in [0.717, 1.165) is 16.8 Å². The molecule has 1 aliphatic rings. The maximum Gasteiger partial charge on any atom is 0.336 e. The molecular weight excluding hydrogens is 452 g/mol. The van der Waals surface area contributed by atoms with Crippen molar-refractivity contribution < 1.29 is 19.1 Å². The third-order valence-electron chi connectivity index (χ3n) is 6.12. The first-order chi connectivity index (χ1) is 16.4. The second-order valence-electron chi connectivity index (χ2n) is 8.00. The first-order valence-corrected chi connectivity index (χ1v) is 11.6. The number of hydrogen-bond acceptors (Lipinski definition) is 9. The number of hydrogen-bond donors (Lipinski definition) is 2. The molecule has 4 rings (SSSR count). The lowest BCUT2D eigenvalue weighted by Gasteiger charge is -2.47. The molecule has 2 aromatic heterocycles. The molecule has 176 valence electrons. The summed E-state index contributed by atoms with van der Waals surface area (Å²) in [5.41, 5.74) is 2.06. The monoisotopic (exact) mass is 478 g/mol. The van der Waals surface area contributed by atoms with Crippen molar-refractivity contribution in [2.75, 3.05) is 19.5 Å². The van der Waals surface area contributed by atoms with E-state index in [1.165, 1.54) is 25.6 Å². The van der Waals surface area contributed by atoms with Gasteiger partial charge in [0.05, 0.1) is 37.4 Å². The molecule has 0 saturated heterocycles. The van der Waals surface area contributed by atoms with Crippen LogP contribution in [-0.4, -0.2) is 47.7 Å². The molecule has 0 fully saturated rings. The van der Waals surface area contributed by atoms with E-state index in [1.807, 2.05) is 61.7 Å². The average Bonchev–Trinajstić information content (AvgIpc) is 3.34. The zero-order chi connectivity index (χ0) is 24.3. The molecule has 3 unspecified atom stereocenters. The first kappa shape index (κ1) is 23.4. The van der Waals surface area contributed by atoms with E-state index in [9.17, 15) is 9.59 Å². The molecule has 1 aromatic carbocycles. The van der Waals surface area contributed by atoms with Gasteiger partial charge in [-0.1, -0.05) is 30.3 Å². The number of carbonyl (C=O) groups excluding carboxylic acids is 2. The van der Waals surface area contributed by atoms with Gasteiger partial charge in [-0.3, -0.25) is 4.98 Å². The summed E-state index contributed by atoms with van der Waals surface area (Å²) in [5, 5.41) is 9.10. The Kier molecular flexibility index (Phi) is 6.65. The molecule has 9 heteroatoms. The predicted octanol–water partition coefficient (Wildman–Crippen LogP) is 3.75. The highest BCUT2D eigenvalue weighted by Gasteiger charge is 2.58. The summed E-state index contributed by atoms with van der Waals surface area (Å²) in [6, 6.07) is 12.7. The molecule has 3 heterocycles. The van der Waals surface area contributed by atoms with Crippen molar-refractivity contribution in [1.29, 1.82) is 0 Å². The zero-order valence-electron chi connectivity index (χ0n) is 19.4. The van der Waals surface area contributed by atoms with Crippen molar-refractivity contribution in [1.82, 2.24) is 15.3 Å². The van der Waals surface area contributed by atoms with Crippen molar-refractivity contribution in [3.05, 3.63) is 77.1 Å². The predicted molar refractivity (Wildman–Crippen MR) is 130 cm³/mol. The number of carbonyl (C=O) groups is 2. The van der Waals surface area contributed by atoms with Crippen LogP contribution in [0.5, 0.6) is 0 Å². The summed E-state index contributed by atoms with van der Waals surface area (Å²) >= 11 is 1.37. The maximum atomic E-state index is 13.6. The molecule has 0 amide bonds. The fourth-order valence-corrected chi connectivity index (χ4v) is 5.32. The van der Waals surface area contributed by atoms with E-state index < -0.39 is 29.4 Å². The van der Waals surface area contributed by atoms with Gasteiger partial charge in [-0.25, -0.2) is 14.6 Å². The Morgan fingerprint density at radius 2 is 1.79 bits per heavy atom. The smallest absolute Gasteiger partial charge is 0.336 e. The van der Waals surface area contributed by atoms with E-state index in [2.05, 4.69) is 15.6 Å². The van der Waals surface area contributed by atoms with Crippen LogP contribution in [0.2, 0.25) is 0 Å². The van der Waals surface area contributed by atoms with Crippen molar-refractivity contribution in [3.8, 4) is 11.3 Å². The van der Waals surface area contributed by atoms with Gasteiger partial charge in [0.15, 0.2) is 10.7 Å². The standard InChI is InChI=1S/C25H26N4O4S/c1-15-20(22(30)32-3)21(18-8-6-5-7-9-18)25(16(2)27-15,23(31)33-4)29-24-28-19(14-34-24)17-10-12-26-13-11-17/h5-14,16,21,27H,1-4H3,(H,28,29). The lowest BCUT2D eigenvalue weighted by atomic mass is 9.68. The highest BCUT2D eigenvalue weighted by atomic mass is 32.1. The minimum Gasteiger partial charge on any atom is -0.467 e. The fraction of sp³-hybridized carbons (Fsp3) is 0.280. The van der Waals surface area contributed by atoms with E-state index in [-0.39, 0.29) is 0 Å². The third kappa shape index (κ3) is 4.03. The second-order valence-corrected chi connectivity index (χ2v) is 8.86. The molecule has 0 saturated carbocycles. The van der Waals surface area contributed by atoms with Crippen LogP contribution in [0, 0.1) is 0 Å². The van der Waals surface area contributed by atoms with Gasteiger partial charge in [0.2, 0.25) is 0 Å². The van der Waals surface area contributed by atoms with Gasteiger partial charge in [0.25, 0.3) is 0 Å². The molecule has 0 bridgehead atoms. The number of pyridine rings is 1. The Morgan fingerprint density at radius 1 is 1.09 bits per heavy atom. The first-order valence-electron chi connectivity index (χ1n) is 10.8. The number of thiazole rings is 1. The highest BCUT2D eigenvalue weighted by molar-refractivity contribution is 7.14. The zero-order valence-corrected chi connectivity index (χ0v) is 20.2. The number of benzene rings is 1. The summed E-state index contributed by atoms with van der Waals surface area (Å²) in [5.74, 6) is -1.73. The van der Waals surface area contributed by atoms with E-state index in [0.29, 0.717) is 16.4 Å². The van der Waals surface area contributed by atoms with E-state index in [4.69, 9.17) is 14.5 Å². The number of aromatic nitrogens is 2. The molecule has 0 spiro atoms. The SMILES string of the molecule is COC(=O)C1=C(C)NC(C)C(Nc2nc(-c3ccncc3)cs2)(C(=O)OC)C1c1ccccc1. The number of nitrogens with zero attached hydrogens (tertiary/aromatic N) is 2. The van der Waals surface area contributed by atoms with Gasteiger partial charge < -0.3 is 20.1 Å². The molecule has 3 atom stereocenters. The van der Waals surface area contributed by atoms with E-state index in [1.54, 1.807) is 12.4 Å². The van der Waals surface area contributed by atoms with Gasteiger partial charge in [-0.2, -0.15) is 0 Å². The van der Waals surface area contributed by atoms with Crippen LogP contribution < -0.4 is 10.6 Å². The molecule has 3 aromatic rings. The molecule has 2 N–H and O–H groups in total. The fourth-order valence-electron chi connectivity index (χ4n) is 4.52. The summed E-state index contributed by atoms with van der Waals surface area (Å²) in [7, 11) is 2.67. The van der Waals surface area contributed by atoms with Crippen LogP contribution >= 0.6 is 11.3 Å². The number of rotatable bonds is 6. The van der Waals surface area contributed by atoms with Crippen LogP contribution in [0.3, 0.4) is 0 Å². The maximum absolute atomic E-state index is 13.6. The third-order valence-corrected chi connectivity index (χ3v) is 6.88. The van der Waals surface area contributed by atoms with Crippen molar-refractivity contribution in [2.45, 2.75) is 31.3 Å². The van der Waals surface area contributed by atoms with Gasteiger partial charge in [-0.15, -0.1) is 11.3 Å². The van der Waals surface area contributed by atoms with Crippen LogP contribution in [0.15, 0.2) is 71.5 Å². The van der Waals surface area contributed by atoms with Crippen LogP contribution in [0.25, 0.3) is 11.3 Å². The number of ether oxygens (including phenoxy) is 2. The Hall–Kier alpha value is -3.72. The van der Waals surface area contributed by atoms with Crippen molar-refractivity contribution in [3.63, 3.8) is 0 Å². The lowest BCUT2D eigenvalue weighted by Crippen LogP contribution is -2.66. The number of nitrogens with one attached hydrogen (secondary N) is 2. The van der Waals surface area contributed by atoms with Gasteiger partial charge >= 0.3 is 11.9 Å². The van der Waals surface area contributed by atoms with Gasteiger partial charge in [0.1, 0.15) is 0 Å². The molecular formula is C25H26N4O4S. The molecule has 1 aliphatic heterocycles. The number of anilines is 1. The number of esters is 2. The van der Waals surface area contributed by atoms with Crippen LogP contribution in [-0.2, 0) is 19.1 Å². The largest absolute Gasteiger partial charge is 0.467 e. The minimum atomic E-state index is -1.38. The van der Waals surface area contributed by atoms with Crippen LogP contribution in [0.1, 0.15) is 25.3 Å². The molecule has 0 aliphatic carbocycles. The summed E-state index contributed by atoms with van der Waals surface area (Å²) in [4.78, 5) is 35.4. The lowest BCUT2D eigenvalue weighted by molar-refractivity contribution is -0.148. The number of allylic oxidation sites excluding steroid dienone is 1. The van der Waals surface area contributed by atoms with E-state index >= 15 is 0 Å². The minimum absolute atomic E-state index is 0.357. The molecule has 0 radical (unpaired) electrons. The Morgan fingerprint density at radius 3 is 2.44 bits per heavy atom. The molecule has 8 nitrogen and oxygen atoms in total. The normalized spacial score (nSPS) is 22.0. The van der Waals surface area contributed by atoms with Gasteiger partial charge in [0, 0.05) is 29.0 Å². The molecule has 34 heavy (non-hydrogen) atoms. The number of methoxy groups -OCH3 is 2. The Bertz CT molecular complexity index is 1210.